The fourth-order valence-electron chi connectivity index (χ4n) is 1.90. The molecule has 0 aromatic heterocycles. The largest absolute Gasteiger partial charge is 0.364 e. The predicted octanol–water partition coefficient (Wildman–Crippen LogP) is 1.90. The van der Waals surface area contributed by atoms with E-state index in [4.69, 9.17) is 4.74 Å². The Kier molecular flexibility index (Phi) is 3.34. The van der Waals surface area contributed by atoms with E-state index >= 15 is 0 Å². The highest BCUT2D eigenvalue weighted by Crippen LogP contribution is 2.28. The Labute approximate surface area is 69.3 Å². The Morgan fingerprint density at radius 2 is 1.91 bits per heavy atom. The quantitative estimate of drug-likeness (QED) is 0.632. The molecule has 66 valence electrons. The van der Waals surface area contributed by atoms with E-state index in [0.717, 1.165) is 6.54 Å². The molecule has 2 nitrogen and oxygen atoms in total. The first-order valence-corrected chi connectivity index (χ1v) is 4.63. The first-order valence-electron chi connectivity index (χ1n) is 4.63. The van der Waals surface area contributed by atoms with Crippen LogP contribution >= 0.6 is 0 Å². The minimum atomic E-state index is 0.0208. The van der Waals surface area contributed by atoms with E-state index in [0.29, 0.717) is 0 Å². The minimum absolute atomic E-state index is 0.0208. The molecule has 11 heavy (non-hydrogen) atoms. The molecule has 1 rings (SSSR count). The second-order valence-corrected chi connectivity index (χ2v) is 3.29. The van der Waals surface area contributed by atoms with Crippen molar-refractivity contribution in [2.24, 2.45) is 0 Å². The molecule has 0 radical (unpaired) electrons. The molecule has 0 saturated heterocycles. The van der Waals surface area contributed by atoms with Crippen molar-refractivity contribution >= 4 is 0 Å². The van der Waals surface area contributed by atoms with Gasteiger partial charge in [0.1, 0.15) is 5.72 Å². The standard InChI is InChI=1S/C9H19NO/c1-3-10-9(11-2)7-5-4-6-8-9/h10H,3-8H2,1-2H3. The second-order valence-electron chi connectivity index (χ2n) is 3.29. The summed E-state index contributed by atoms with van der Waals surface area (Å²) in [6.07, 6.45) is 6.34. The van der Waals surface area contributed by atoms with Crippen molar-refractivity contribution in [2.75, 3.05) is 13.7 Å². The summed E-state index contributed by atoms with van der Waals surface area (Å²) in [6.45, 7) is 3.14. The maximum absolute atomic E-state index is 5.51. The average Bonchev–Trinajstić information content (AvgIpc) is 2.07. The van der Waals surface area contributed by atoms with Gasteiger partial charge < -0.3 is 4.74 Å². The lowest BCUT2D eigenvalue weighted by atomic mass is 9.91. The van der Waals surface area contributed by atoms with Crippen LogP contribution in [-0.4, -0.2) is 19.4 Å². The summed E-state index contributed by atoms with van der Waals surface area (Å²) in [5.74, 6) is 0. The lowest BCUT2D eigenvalue weighted by Crippen LogP contribution is -2.48. The molecule has 1 aliphatic carbocycles. The van der Waals surface area contributed by atoms with Gasteiger partial charge >= 0.3 is 0 Å². The van der Waals surface area contributed by atoms with Gasteiger partial charge in [-0.05, 0) is 32.2 Å². The first-order chi connectivity index (χ1) is 5.33. The van der Waals surface area contributed by atoms with Crippen molar-refractivity contribution in [2.45, 2.75) is 44.8 Å². The van der Waals surface area contributed by atoms with Gasteiger partial charge in [0.15, 0.2) is 0 Å². The number of nitrogens with one attached hydrogen (secondary N) is 1. The van der Waals surface area contributed by atoms with Gasteiger partial charge in [-0.1, -0.05) is 13.3 Å². The van der Waals surface area contributed by atoms with Gasteiger partial charge in [-0.2, -0.15) is 0 Å². The fourth-order valence-corrected chi connectivity index (χ4v) is 1.90. The maximum Gasteiger partial charge on any atom is 0.118 e. The average molecular weight is 157 g/mol. The lowest BCUT2D eigenvalue weighted by molar-refractivity contribution is -0.0650. The zero-order valence-corrected chi connectivity index (χ0v) is 7.65. The number of hydrogen-bond donors (Lipinski definition) is 1. The molecule has 0 bridgehead atoms. The van der Waals surface area contributed by atoms with Gasteiger partial charge in [-0.15, -0.1) is 0 Å². The van der Waals surface area contributed by atoms with E-state index in [2.05, 4.69) is 12.2 Å². The van der Waals surface area contributed by atoms with E-state index in [9.17, 15) is 0 Å². The molecule has 1 aliphatic rings. The van der Waals surface area contributed by atoms with Crippen LogP contribution in [0.1, 0.15) is 39.0 Å². The molecule has 1 N–H and O–H groups in total. The summed E-state index contributed by atoms with van der Waals surface area (Å²) in [6, 6.07) is 0. The minimum Gasteiger partial charge on any atom is -0.364 e. The van der Waals surface area contributed by atoms with Gasteiger partial charge in [-0.25, -0.2) is 0 Å². The van der Waals surface area contributed by atoms with Crippen LogP contribution in [0.15, 0.2) is 0 Å². The topological polar surface area (TPSA) is 21.3 Å². The van der Waals surface area contributed by atoms with Crippen molar-refractivity contribution in [3.8, 4) is 0 Å². The Morgan fingerprint density at radius 3 is 2.36 bits per heavy atom. The Bertz CT molecular complexity index is 103. The van der Waals surface area contributed by atoms with E-state index in [1.807, 2.05) is 7.11 Å². The van der Waals surface area contributed by atoms with Crippen LogP contribution in [0.3, 0.4) is 0 Å². The Morgan fingerprint density at radius 1 is 1.27 bits per heavy atom. The van der Waals surface area contributed by atoms with Crippen molar-refractivity contribution < 1.29 is 4.74 Å². The molecule has 0 amide bonds. The highest BCUT2D eigenvalue weighted by molar-refractivity contribution is 4.80. The Balaban J connectivity index is 2.42. The van der Waals surface area contributed by atoms with Crippen LogP contribution in [0.4, 0.5) is 0 Å². The number of methoxy groups -OCH3 is 1. The van der Waals surface area contributed by atoms with Gasteiger partial charge in [0.25, 0.3) is 0 Å². The lowest BCUT2D eigenvalue weighted by Gasteiger charge is -2.36. The first kappa shape index (κ1) is 9.01. The van der Waals surface area contributed by atoms with Crippen LogP contribution in [0, 0.1) is 0 Å². The third-order valence-corrected chi connectivity index (χ3v) is 2.55. The second kappa shape index (κ2) is 4.07. The molecule has 1 fully saturated rings. The third-order valence-electron chi connectivity index (χ3n) is 2.55. The molecule has 1 saturated carbocycles. The van der Waals surface area contributed by atoms with Crippen LogP contribution < -0.4 is 5.32 Å². The zero-order chi connectivity index (χ0) is 8.16. The molecule has 0 unspecified atom stereocenters. The summed E-state index contributed by atoms with van der Waals surface area (Å²) in [4.78, 5) is 0. The number of rotatable bonds is 3. The van der Waals surface area contributed by atoms with E-state index in [1.165, 1.54) is 32.1 Å². The molecule has 0 heterocycles. The maximum atomic E-state index is 5.51. The van der Waals surface area contributed by atoms with Gasteiger partial charge in [0.05, 0.1) is 0 Å². The summed E-state index contributed by atoms with van der Waals surface area (Å²) >= 11 is 0. The highest BCUT2D eigenvalue weighted by atomic mass is 16.5. The summed E-state index contributed by atoms with van der Waals surface area (Å²) < 4.78 is 5.51. The van der Waals surface area contributed by atoms with Crippen molar-refractivity contribution in [3.63, 3.8) is 0 Å². The van der Waals surface area contributed by atoms with Gasteiger partial charge in [0, 0.05) is 7.11 Å². The molecule has 0 spiro atoms. The summed E-state index contributed by atoms with van der Waals surface area (Å²) in [5.41, 5.74) is 0.0208. The predicted molar refractivity (Wildman–Crippen MR) is 46.5 cm³/mol. The van der Waals surface area contributed by atoms with Crippen molar-refractivity contribution in [1.82, 2.24) is 5.32 Å². The van der Waals surface area contributed by atoms with Crippen LogP contribution in [0.5, 0.6) is 0 Å². The molecule has 0 atom stereocenters. The summed E-state index contributed by atoms with van der Waals surface area (Å²) in [5, 5.41) is 3.43. The molecule has 0 aromatic rings. The number of ether oxygens (including phenoxy) is 1. The highest BCUT2D eigenvalue weighted by Gasteiger charge is 2.30. The molecular formula is C9H19NO. The SMILES string of the molecule is CCNC1(OC)CCCCC1. The zero-order valence-electron chi connectivity index (χ0n) is 7.65. The molecule has 2 heteroatoms. The third kappa shape index (κ3) is 2.17. The molecule has 0 aliphatic heterocycles. The summed E-state index contributed by atoms with van der Waals surface area (Å²) in [7, 11) is 1.81. The van der Waals surface area contributed by atoms with Gasteiger partial charge in [0.2, 0.25) is 0 Å². The normalized spacial score (nSPS) is 23.5. The monoisotopic (exact) mass is 157 g/mol. The van der Waals surface area contributed by atoms with E-state index < -0.39 is 0 Å². The number of hydrogen-bond acceptors (Lipinski definition) is 2. The molecular weight excluding hydrogens is 138 g/mol. The Hall–Kier alpha value is -0.0800. The molecule has 0 aromatic carbocycles. The van der Waals surface area contributed by atoms with Crippen molar-refractivity contribution in [1.29, 1.82) is 0 Å². The van der Waals surface area contributed by atoms with Crippen LogP contribution in [-0.2, 0) is 4.74 Å². The van der Waals surface area contributed by atoms with Gasteiger partial charge in [-0.3, -0.25) is 5.32 Å². The van der Waals surface area contributed by atoms with Crippen molar-refractivity contribution in [3.05, 3.63) is 0 Å². The fraction of sp³-hybridized carbons (Fsp3) is 1.00. The van der Waals surface area contributed by atoms with E-state index in [-0.39, 0.29) is 5.72 Å². The smallest absolute Gasteiger partial charge is 0.118 e. The van der Waals surface area contributed by atoms with Crippen LogP contribution in [0.2, 0.25) is 0 Å². The van der Waals surface area contributed by atoms with E-state index in [1.54, 1.807) is 0 Å². The van der Waals surface area contributed by atoms with Crippen LogP contribution in [0.25, 0.3) is 0 Å².